The molecule has 2 heteroatoms. The van der Waals surface area contributed by atoms with E-state index in [0.717, 1.165) is 13.0 Å². The summed E-state index contributed by atoms with van der Waals surface area (Å²) >= 11 is 0. The molecule has 0 saturated heterocycles. The van der Waals surface area contributed by atoms with Crippen molar-refractivity contribution in [3.63, 3.8) is 0 Å². The molecule has 46 valence electrons. The van der Waals surface area contributed by atoms with Crippen molar-refractivity contribution >= 4 is 6.21 Å². The predicted molar refractivity (Wildman–Crippen MR) is 37.3 cm³/mol. The Hall–Kier alpha value is -1.05. The van der Waals surface area contributed by atoms with Gasteiger partial charge in [-0.2, -0.15) is 0 Å². The Bertz CT molecular complexity index is 211. The minimum atomic E-state index is 1.05. The zero-order valence-electron chi connectivity index (χ0n) is 5.09. The van der Waals surface area contributed by atoms with Gasteiger partial charge in [-0.15, -0.1) is 0 Å². The number of hydrogen-bond donors (Lipinski definition) is 1. The first-order valence-electron chi connectivity index (χ1n) is 3.14. The van der Waals surface area contributed by atoms with Crippen LogP contribution in [0.15, 0.2) is 28.5 Å². The zero-order chi connectivity index (χ0) is 6.10. The van der Waals surface area contributed by atoms with Crippen LogP contribution in [0.1, 0.15) is 6.42 Å². The molecule has 2 aliphatic heterocycles. The summed E-state index contributed by atoms with van der Waals surface area (Å²) in [6, 6.07) is 0. The summed E-state index contributed by atoms with van der Waals surface area (Å²) in [6.45, 7) is 1.05. The van der Waals surface area contributed by atoms with Crippen LogP contribution in [0.2, 0.25) is 0 Å². The van der Waals surface area contributed by atoms with E-state index in [4.69, 9.17) is 0 Å². The lowest BCUT2D eigenvalue weighted by atomic mass is 10.1. The molecule has 0 aromatic rings. The Labute approximate surface area is 54.0 Å². The van der Waals surface area contributed by atoms with Crippen LogP contribution < -0.4 is 5.32 Å². The molecule has 0 amide bonds. The van der Waals surface area contributed by atoms with E-state index in [9.17, 15) is 0 Å². The third-order valence-corrected chi connectivity index (χ3v) is 1.55. The van der Waals surface area contributed by atoms with Gasteiger partial charge in [0.15, 0.2) is 0 Å². The van der Waals surface area contributed by atoms with Gasteiger partial charge in [0, 0.05) is 18.3 Å². The number of hydrogen-bond acceptors (Lipinski definition) is 2. The van der Waals surface area contributed by atoms with Crippen LogP contribution in [-0.4, -0.2) is 12.8 Å². The molecule has 2 nitrogen and oxygen atoms in total. The average Bonchev–Trinajstić information content (AvgIpc) is 2.33. The second-order valence-corrected chi connectivity index (χ2v) is 2.20. The highest BCUT2D eigenvalue weighted by atomic mass is 14.9. The Kier molecular flexibility index (Phi) is 0.918. The summed E-state index contributed by atoms with van der Waals surface area (Å²) in [5.41, 5.74) is 2.43. The Morgan fingerprint density at radius 1 is 1.56 bits per heavy atom. The molecule has 0 aromatic heterocycles. The minimum absolute atomic E-state index is 1.05. The predicted octanol–water partition coefficient (Wildman–Crippen LogP) is 0.832. The maximum Gasteiger partial charge on any atom is 0.0612 e. The van der Waals surface area contributed by atoms with Gasteiger partial charge < -0.3 is 5.32 Å². The van der Waals surface area contributed by atoms with Crippen LogP contribution in [0, 0.1) is 0 Å². The summed E-state index contributed by atoms with van der Waals surface area (Å²) in [4.78, 5) is 4.01. The van der Waals surface area contributed by atoms with Crippen LogP contribution in [0.3, 0.4) is 0 Å². The summed E-state index contributed by atoms with van der Waals surface area (Å²) < 4.78 is 0. The van der Waals surface area contributed by atoms with E-state index in [-0.39, 0.29) is 0 Å². The fraction of sp³-hybridized carbons (Fsp3) is 0.286. The van der Waals surface area contributed by atoms with E-state index in [0.29, 0.717) is 0 Å². The van der Waals surface area contributed by atoms with Gasteiger partial charge in [0.05, 0.1) is 11.9 Å². The third-order valence-electron chi connectivity index (χ3n) is 1.55. The molecule has 2 rings (SSSR count). The van der Waals surface area contributed by atoms with Crippen LogP contribution >= 0.6 is 0 Å². The number of fused-ring (bicyclic) bond motifs is 1. The Morgan fingerprint density at radius 3 is 3.44 bits per heavy atom. The highest BCUT2D eigenvalue weighted by Gasteiger charge is 2.09. The second kappa shape index (κ2) is 1.72. The van der Waals surface area contributed by atoms with Crippen molar-refractivity contribution in [2.75, 3.05) is 6.54 Å². The highest BCUT2D eigenvalue weighted by molar-refractivity contribution is 5.87. The fourth-order valence-electron chi connectivity index (χ4n) is 1.08. The zero-order valence-corrected chi connectivity index (χ0v) is 5.09. The average molecular weight is 120 g/mol. The quantitative estimate of drug-likeness (QED) is 0.503. The number of nitrogens with one attached hydrogen (secondary N) is 1. The summed E-state index contributed by atoms with van der Waals surface area (Å²) in [6.07, 6.45) is 7.09. The smallest absolute Gasteiger partial charge is 0.0612 e. The summed E-state index contributed by atoms with van der Waals surface area (Å²) in [5, 5.41) is 3.25. The van der Waals surface area contributed by atoms with E-state index < -0.39 is 0 Å². The molecule has 0 saturated carbocycles. The molecule has 0 unspecified atom stereocenters. The van der Waals surface area contributed by atoms with Gasteiger partial charge in [-0.05, 0) is 6.42 Å². The molecule has 2 heterocycles. The monoisotopic (exact) mass is 120 g/mol. The first-order valence-corrected chi connectivity index (χ1v) is 3.14. The van der Waals surface area contributed by atoms with Gasteiger partial charge in [-0.1, -0.05) is 6.08 Å². The topological polar surface area (TPSA) is 24.4 Å². The minimum Gasteiger partial charge on any atom is -0.383 e. The van der Waals surface area contributed by atoms with Crippen molar-refractivity contribution in [2.45, 2.75) is 6.42 Å². The first kappa shape index (κ1) is 4.79. The molecule has 0 fully saturated rings. The lowest BCUT2D eigenvalue weighted by Crippen LogP contribution is -2.18. The maximum absolute atomic E-state index is 4.01. The summed E-state index contributed by atoms with van der Waals surface area (Å²) in [7, 11) is 0. The van der Waals surface area contributed by atoms with Crippen LogP contribution in [0.25, 0.3) is 0 Å². The lowest BCUT2D eigenvalue weighted by Gasteiger charge is -2.11. The number of rotatable bonds is 0. The molecule has 0 spiro atoms. The molecule has 1 N–H and O–H groups in total. The maximum atomic E-state index is 4.01. The van der Waals surface area contributed by atoms with Crippen molar-refractivity contribution in [2.24, 2.45) is 4.99 Å². The molecule has 2 aliphatic rings. The largest absolute Gasteiger partial charge is 0.383 e. The van der Waals surface area contributed by atoms with Crippen molar-refractivity contribution in [1.29, 1.82) is 0 Å². The van der Waals surface area contributed by atoms with Crippen LogP contribution in [-0.2, 0) is 0 Å². The molecule has 0 atom stereocenters. The Morgan fingerprint density at radius 2 is 2.56 bits per heavy atom. The van der Waals surface area contributed by atoms with Gasteiger partial charge in [-0.3, -0.25) is 4.99 Å². The van der Waals surface area contributed by atoms with Crippen molar-refractivity contribution in [3.05, 3.63) is 23.5 Å². The van der Waals surface area contributed by atoms with Crippen LogP contribution in [0.5, 0.6) is 0 Å². The lowest BCUT2D eigenvalue weighted by molar-refractivity contribution is 0.790. The van der Waals surface area contributed by atoms with E-state index >= 15 is 0 Å². The van der Waals surface area contributed by atoms with Crippen molar-refractivity contribution in [3.8, 4) is 0 Å². The SMILES string of the molecule is C1=NC=C2NCCC=C12. The number of aliphatic imine (C=N–C) groups is 1. The molecule has 0 aliphatic carbocycles. The summed E-state index contributed by atoms with van der Waals surface area (Å²) in [5.74, 6) is 0. The fourth-order valence-corrected chi connectivity index (χ4v) is 1.08. The third kappa shape index (κ3) is 0.669. The van der Waals surface area contributed by atoms with E-state index in [2.05, 4.69) is 16.4 Å². The normalized spacial score (nSPS) is 22.2. The number of allylic oxidation sites excluding steroid dienone is 1. The highest BCUT2D eigenvalue weighted by Crippen LogP contribution is 2.14. The molecular formula is C7H8N2. The van der Waals surface area contributed by atoms with Gasteiger partial charge in [-0.25, -0.2) is 0 Å². The molecule has 9 heavy (non-hydrogen) atoms. The van der Waals surface area contributed by atoms with E-state index in [1.54, 1.807) is 0 Å². The molecule has 0 aromatic carbocycles. The molecule has 0 bridgehead atoms. The standard InChI is InChI=1S/C7H8N2/c1-2-6-4-8-5-7(6)9-3-1/h2,4-5,9H,1,3H2. The van der Waals surface area contributed by atoms with Crippen molar-refractivity contribution < 1.29 is 0 Å². The Balaban J connectivity index is 2.38. The van der Waals surface area contributed by atoms with Crippen molar-refractivity contribution in [1.82, 2.24) is 5.32 Å². The first-order chi connectivity index (χ1) is 4.47. The molecular weight excluding hydrogens is 112 g/mol. The second-order valence-electron chi connectivity index (χ2n) is 2.20. The van der Waals surface area contributed by atoms with Crippen LogP contribution in [0.4, 0.5) is 0 Å². The molecule has 0 radical (unpaired) electrons. The van der Waals surface area contributed by atoms with Gasteiger partial charge in [0.1, 0.15) is 0 Å². The van der Waals surface area contributed by atoms with Gasteiger partial charge in [0.25, 0.3) is 0 Å². The van der Waals surface area contributed by atoms with E-state index in [1.165, 1.54) is 11.3 Å². The van der Waals surface area contributed by atoms with E-state index in [1.807, 2.05) is 12.4 Å². The van der Waals surface area contributed by atoms with Gasteiger partial charge in [0.2, 0.25) is 0 Å². The van der Waals surface area contributed by atoms with Gasteiger partial charge >= 0.3 is 0 Å². The number of nitrogens with zero attached hydrogens (tertiary/aromatic N) is 1.